The fraction of sp³-hybridized carbons (Fsp3) is 0.350. The fourth-order valence-corrected chi connectivity index (χ4v) is 4.43. The molecule has 0 aliphatic carbocycles. The first-order chi connectivity index (χ1) is 14.7. The van der Waals surface area contributed by atoms with Gasteiger partial charge in [-0.3, -0.25) is 5.43 Å². The lowest BCUT2D eigenvalue weighted by atomic mass is 10.1. The third kappa shape index (κ3) is 4.47. The van der Waals surface area contributed by atoms with Crippen LogP contribution in [0.5, 0.6) is 5.75 Å². The normalized spacial score (nSPS) is 19.0. The van der Waals surface area contributed by atoms with Crippen LogP contribution in [-0.4, -0.2) is 66.4 Å². The summed E-state index contributed by atoms with van der Waals surface area (Å²) in [4.78, 5) is 21.0. The molecule has 0 saturated carbocycles. The van der Waals surface area contributed by atoms with Gasteiger partial charge >= 0.3 is 5.97 Å². The van der Waals surface area contributed by atoms with Gasteiger partial charge in [0.05, 0.1) is 17.6 Å². The van der Waals surface area contributed by atoms with Gasteiger partial charge in [-0.05, 0) is 32.1 Å². The number of nitrogens with zero attached hydrogens (tertiary/aromatic N) is 3. The van der Waals surface area contributed by atoms with E-state index in [9.17, 15) is 18.3 Å². The number of allylic oxidation sites excluding steroid dienone is 1. The Balaban J connectivity index is 1.68. The average molecular weight is 446 g/mol. The molecule has 0 amide bonds. The molecule has 0 aromatic carbocycles. The number of aromatic hydroxyl groups is 1. The summed E-state index contributed by atoms with van der Waals surface area (Å²) in [6, 6.07) is 3.61. The van der Waals surface area contributed by atoms with Crippen LogP contribution in [-0.2, 0) is 14.6 Å². The molecule has 2 aromatic rings. The molecule has 0 atom stereocenters. The first kappa shape index (κ1) is 21.1. The summed E-state index contributed by atoms with van der Waals surface area (Å²) in [6.07, 6.45) is 4.37. The number of carbonyl (C=O) groups excluding carboxylic acids is 1. The van der Waals surface area contributed by atoms with Gasteiger partial charge in [0.25, 0.3) is 0 Å². The Morgan fingerprint density at radius 3 is 2.81 bits per heavy atom. The highest BCUT2D eigenvalue weighted by molar-refractivity contribution is 7.91. The Labute approximate surface area is 179 Å². The van der Waals surface area contributed by atoms with Crippen molar-refractivity contribution in [1.82, 2.24) is 9.99 Å². The first-order valence-electron chi connectivity index (χ1n) is 9.73. The molecule has 0 bridgehead atoms. The van der Waals surface area contributed by atoms with Gasteiger partial charge in [0, 0.05) is 36.6 Å². The van der Waals surface area contributed by atoms with Crippen LogP contribution in [0.1, 0.15) is 35.5 Å². The van der Waals surface area contributed by atoms with Gasteiger partial charge in [-0.15, -0.1) is 0 Å². The number of esters is 1. The predicted molar refractivity (Wildman–Crippen MR) is 115 cm³/mol. The number of carbonyl (C=O) groups is 1. The van der Waals surface area contributed by atoms with E-state index in [2.05, 4.69) is 15.4 Å². The molecule has 0 radical (unpaired) electrons. The summed E-state index contributed by atoms with van der Waals surface area (Å²) in [5, 5.41) is 12.4. The minimum Gasteiger partial charge on any atom is -0.504 e. The molecule has 164 valence electrons. The van der Waals surface area contributed by atoms with E-state index in [0.29, 0.717) is 11.4 Å². The molecule has 0 unspecified atom stereocenters. The maximum atomic E-state index is 12.6. The Morgan fingerprint density at radius 2 is 2.10 bits per heavy atom. The van der Waals surface area contributed by atoms with E-state index in [-0.39, 0.29) is 47.6 Å². The number of anilines is 1. The summed E-state index contributed by atoms with van der Waals surface area (Å²) < 4.78 is 34.4. The molecular formula is C20H22N4O6S. The Bertz CT molecular complexity index is 1170. The average Bonchev–Trinajstić information content (AvgIpc) is 3.24. The summed E-state index contributed by atoms with van der Waals surface area (Å²) in [7, 11) is -3.08. The third-order valence-electron chi connectivity index (χ3n) is 4.77. The topological polar surface area (TPSA) is 134 Å². The second-order valence-electron chi connectivity index (χ2n) is 7.46. The number of furan rings is 1. The van der Waals surface area contributed by atoms with Crippen LogP contribution in [0.3, 0.4) is 0 Å². The fourth-order valence-electron chi connectivity index (χ4n) is 3.23. The van der Waals surface area contributed by atoms with Gasteiger partial charge in [0.1, 0.15) is 0 Å². The van der Waals surface area contributed by atoms with Gasteiger partial charge in [0.2, 0.25) is 5.88 Å². The molecule has 2 N–H and O–H groups in total. The van der Waals surface area contributed by atoms with Crippen molar-refractivity contribution in [2.24, 2.45) is 4.99 Å². The number of aromatic nitrogens is 1. The van der Waals surface area contributed by atoms with E-state index in [1.807, 2.05) is 6.07 Å². The molecular weight excluding hydrogens is 424 g/mol. The van der Waals surface area contributed by atoms with Crippen LogP contribution in [0.25, 0.3) is 11.6 Å². The Morgan fingerprint density at radius 1 is 1.35 bits per heavy atom. The van der Waals surface area contributed by atoms with Crippen LogP contribution in [0, 0.1) is 0 Å². The molecule has 4 heterocycles. The SMILES string of the molecule is CC(C)OC(=O)c1c(NN2CCS(=O)(=O)CC2)oc(C=C2C=Nc3ncccc32)c1O. The van der Waals surface area contributed by atoms with Crippen molar-refractivity contribution in [3.05, 3.63) is 35.2 Å². The zero-order valence-corrected chi connectivity index (χ0v) is 17.8. The lowest BCUT2D eigenvalue weighted by Gasteiger charge is -2.26. The largest absolute Gasteiger partial charge is 0.504 e. The van der Waals surface area contributed by atoms with Crippen LogP contribution in [0.15, 0.2) is 27.7 Å². The minimum absolute atomic E-state index is 0.0179. The van der Waals surface area contributed by atoms with Gasteiger partial charge in [-0.2, -0.15) is 0 Å². The molecule has 1 fully saturated rings. The number of sulfone groups is 1. The van der Waals surface area contributed by atoms with E-state index >= 15 is 0 Å². The zero-order valence-electron chi connectivity index (χ0n) is 17.0. The first-order valence-corrected chi connectivity index (χ1v) is 11.6. The van der Waals surface area contributed by atoms with Gasteiger partial charge in [-0.25, -0.2) is 28.2 Å². The number of hydrazine groups is 1. The van der Waals surface area contributed by atoms with Gasteiger partial charge < -0.3 is 14.3 Å². The van der Waals surface area contributed by atoms with Crippen LogP contribution < -0.4 is 5.43 Å². The summed E-state index contributed by atoms with van der Waals surface area (Å²) in [5.74, 6) is -0.597. The number of hydrogen-bond acceptors (Lipinski definition) is 10. The molecule has 11 heteroatoms. The van der Waals surface area contributed by atoms with E-state index < -0.39 is 21.9 Å². The predicted octanol–water partition coefficient (Wildman–Crippen LogP) is 2.26. The van der Waals surface area contributed by atoms with Crippen molar-refractivity contribution >= 4 is 45.4 Å². The number of nitrogens with one attached hydrogen (secondary N) is 1. The van der Waals surface area contributed by atoms with Crippen molar-refractivity contribution in [2.45, 2.75) is 20.0 Å². The highest BCUT2D eigenvalue weighted by Gasteiger charge is 2.30. The quantitative estimate of drug-likeness (QED) is 0.663. The minimum atomic E-state index is -3.08. The summed E-state index contributed by atoms with van der Waals surface area (Å²) in [5.41, 5.74) is 4.18. The molecule has 0 spiro atoms. The van der Waals surface area contributed by atoms with E-state index in [1.165, 1.54) is 0 Å². The number of hydrogen-bond donors (Lipinski definition) is 2. The number of rotatable bonds is 5. The van der Waals surface area contributed by atoms with Crippen molar-refractivity contribution in [3.8, 4) is 5.75 Å². The molecule has 2 aliphatic heterocycles. The molecule has 31 heavy (non-hydrogen) atoms. The van der Waals surface area contributed by atoms with Crippen molar-refractivity contribution in [2.75, 3.05) is 30.0 Å². The Kier molecular flexibility index (Phi) is 5.54. The number of ether oxygens (including phenoxy) is 1. The molecule has 4 rings (SSSR count). The van der Waals surface area contributed by atoms with Gasteiger partial charge in [-0.1, -0.05) is 0 Å². The van der Waals surface area contributed by atoms with Crippen LogP contribution in [0.2, 0.25) is 0 Å². The monoisotopic (exact) mass is 446 g/mol. The summed E-state index contributed by atoms with van der Waals surface area (Å²) >= 11 is 0. The molecule has 2 aliphatic rings. The highest BCUT2D eigenvalue weighted by atomic mass is 32.2. The summed E-state index contributed by atoms with van der Waals surface area (Å²) in [6.45, 7) is 3.81. The van der Waals surface area contributed by atoms with Crippen LogP contribution >= 0.6 is 0 Å². The number of fused-ring (bicyclic) bond motifs is 1. The van der Waals surface area contributed by atoms with Gasteiger partial charge in [0.15, 0.2) is 32.7 Å². The second kappa shape index (κ2) is 8.16. The molecule has 2 aromatic heterocycles. The molecule has 10 nitrogen and oxygen atoms in total. The maximum Gasteiger partial charge on any atom is 0.347 e. The lowest BCUT2D eigenvalue weighted by Crippen LogP contribution is -2.43. The number of aliphatic imine (C=N–C) groups is 1. The highest BCUT2D eigenvalue weighted by Crippen LogP contribution is 2.38. The second-order valence-corrected chi connectivity index (χ2v) is 9.76. The van der Waals surface area contributed by atoms with Crippen molar-refractivity contribution in [3.63, 3.8) is 0 Å². The maximum absolute atomic E-state index is 12.6. The van der Waals surface area contributed by atoms with E-state index in [4.69, 9.17) is 9.15 Å². The molecule has 1 saturated heterocycles. The standard InChI is InChI=1S/C20H22N4O6S/c1-12(2)29-20(26)16-17(25)15(10-13-11-22-18-14(13)4-3-5-21-18)30-19(16)23-24-6-8-31(27,28)9-7-24/h3-5,10-12,23,25H,6-9H2,1-2H3. The zero-order chi connectivity index (χ0) is 22.2. The van der Waals surface area contributed by atoms with Crippen molar-refractivity contribution < 1.29 is 27.5 Å². The third-order valence-corrected chi connectivity index (χ3v) is 6.38. The Hall–Kier alpha value is -3.18. The van der Waals surface area contributed by atoms with Crippen molar-refractivity contribution in [1.29, 1.82) is 0 Å². The number of pyridine rings is 1. The van der Waals surface area contributed by atoms with E-state index in [0.717, 1.165) is 5.56 Å². The smallest absolute Gasteiger partial charge is 0.347 e. The van der Waals surface area contributed by atoms with Crippen LogP contribution in [0.4, 0.5) is 11.7 Å². The lowest BCUT2D eigenvalue weighted by molar-refractivity contribution is 0.0375. The van der Waals surface area contributed by atoms with E-state index in [1.54, 1.807) is 43.4 Å².